The standard InChI is InChI=1S/C26H20ClNS/c1-2-18-7-11-20(12-8-18)28(21-13-9-19(27)10-14-21)22-15-16-24-23-5-3-4-6-25(23)29-26(24)17-22/h3-17H,2H2,1H3. The van der Waals surface area contributed by atoms with Gasteiger partial charge in [-0.05, 0) is 66.6 Å². The van der Waals surface area contributed by atoms with Gasteiger partial charge in [0.05, 0.1) is 0 Å². The Kier molecular flexibility index (Phi) is 4.75. The van der Waals surface area contributed by atoms with Crippen molar-refractivity contribution in [2.75, 3.05) is 4.90 Å². The second-order valence-electron chi connectivity index (χ2n) is 7.11. The first-order valence-electron chi connectivity index (χ1n) is 9.79. The molecule has 3 heteroatoms. The summed E-state index contributed by atoms with van der Waals surface area (Å²) in [7, 11) is 0. The van der Waals surface area contributed by atoms with E-state index < -0.39 is 0 Å². The van der Waals surface area contributed by atoms with E-state index in [4.69, 9.17) is 11.6 Å². The lowest BCUT2D eigenvalue weighted by Gasteiger charge is -2.25. The number of benzene rings is 4. The maximum atomic E-state index is 6.15. The molecule has 1 nitrogen and oxygen atoms in total. The number of hydrogen-bond donors (Lipinski definition) is 0. The van der Waals surface area contributed by atoms with Crippen molar-refractivity contribution in [1.82, 2.24) is 0 Å². The zero-order valence-corrected chi connectivity index (χ0v) is 17.7. The monoisotopic (exact) mass is 413 g/mol. The smallest absolute Gasteiger partial charge is 0.0476 e. The van der Waals surface area contributed by atoms with Gasteiger partial charge in [0.15, 0.2) is 0 Å². The summed E-state index contributed by atoms with van der Waals surface area (Å²) in [6.45, 7) is 2.18. The van der Waals surface area contributed by atoms with Crippen molar-refractivity contribution in [2.45, 2.75) is 13.3 Å². The number of thiophene rings is 1. The van der Waals surface area contributed by atoms with Crippen molar-refractivity contribution in [1.29, 1.82) is 0 Å². The second kappa shape index (κ2) is 7.55. The Hall–Kier alpha value is -2.81. The van der Waals surface area contributed by atoms with Gasteiger partial charge < -0.3 is 4.90 Å². The highest BCUT2D eigenvalue weighted by Crippen LogP contribution is 2.40. The fourth-order valence-corrected chi connectivity index (χ4v) is 5.04. The fourth-order valence-electron chi connectivity index (χ4n) is 3.77. The number of anilines is 3. The molecule has 0 spiro atoms. The highest BCUT2D eigenvalue weighted by molar-refractivity contribution is 7.25. The maximum absolute atomic E-state index is 6.15. The van der Waals surface area contributed by atoms with Crippen LogP contribution in [-0.2, 0) is 6.42 Å². The van der Waals surface area contributed by atoms with Crippen LogP contribution >= 0.6 is 22.9 Å². The molecule has 0 unspecified atom stereocenters. The number of rotatable bonds is 4. The first kappa shape index (κ1) is 18.2. The Morgan fingerprint density at radius 1 is 0.690 bits per heavy atom. The van der Waals surface area contributed by atoms with Crippen LogP contribution in [0.2, 0.25) is 5.02 Å². The molecule has 0 aliphatic heterocycles. The van der Waals surface area contributed by atoms with E-state index in [9.17, 15) is 0 Å². The summed E-state index contributed by atoms with van der Waals surface area (Å²) >= 11 is 8.00. The van der Waals surface area contributed by atoms with E-state index >= 15 is 0 Å². The van der Waals surface area contributed by atoms with Crippen LogP contribution in [0.4, 0.5) is 17.1 Å². The average molecular weight is 414 g/mol. The number of halogens is 1. The van der Waals surface area contributed by atoms with E-state index in [2.05, 4.69) is 90.7 Å². The molecule has 0 aliphatic carbocycles. The predicted octanol–water partition coefficient (Wildman–Crippen LogP) is 8.74. The minimum atomic E-state index is 0.745. The van der Waals surface area contributed by atoms with Crippen LogP contribution in [0.3, 0.4) is 0 Å². The zero-order chi connectivity index (χ0) is 19.8. The number of aryl methyl sites for hydroxylation is 1. The third-order valence-corrected chi connectivity index (χ3v) is 6.69. The molecule has 0 bridgehead atoms. The normalized spacial score (nSPS) is 11.2. The summed E-state index contributed by atoms with van der Waals surface area (Å²) in [5.74, 6) is 0. The molecular weight excluding hydrogens is 394 g/mol. The average Bonchev–Trinajstić information content (AvgIpc) is 3.14. The third-order valence-electron chi connectivity index (χ3n) is 5.31. The highest BCUT2D eigenvalue weighted by atomic mass is 35.5. The number of fused-ring (bicyclic) bond motifs is 3. The summed E-state index contributed by atoms with van der Waals surface area (Å²) in [5, 5.41) is 3.38. The van der Waals surface area contributed by atoms with Crippen LogP contribution in [0.5, 0.6) is 0 Å². The largest absolute Gasteiger partial charge is 0.310 e. The van der Waals surface area contributed by atoms with Crippen LogP contribution < -0.4 is 4.90 Å². The Morgan fingerprint density at radius 2 is 1.31 bits per heavy atom. The van der Waals surface area contributed by atoms with E-state index in [-0.39, 0.29) is 0 Å². The molecular formula is C26H20ClNS. The van der Waals surface area contributed by atoms with Crippen LogP contribution in [0.25, 0.3) is 20.2 Å². The molecule has 1 heterocycles. The molecule has 0 atom stereocenters. The molecule has 5 rings (SSSR count). The number of hydrogen-bond acceptors (Lipinski definition) is 2. The minimum absolute atomic E-state index is 0.745. The van der Waals surface area contributed by atoms with Crippen molar-refractivity contribution in [2.24, 2.45) is 0 Å². The Balaban J connectivity index is 1.68. The van der Waals surface area contributed by atoms with Gasteiger partial charge in [-0.15, -0.1) is 11.3 Å². The second-order valence-corrected chi connectivity index (χ2v) is 8.63. The lowest BCUT2D eigenvalue weighted by atomic mass is 10.1. The first-order chi connectivity index (χ1) is 14.2. The minimum Gasteiger partial charge on any atom is -0.310 e. The van der Waals surface area contributed by atoms with E-state index in [1.54, 1.807) is 0 Å². The molecule has 0 saturated heterocycles. The zero-order valence-electron chi connectivity index (χ0n) is 16.1. The van der Waals surface area contributed by atoms with Crippen molar-refractivity contribution in [3.63, 3.8) is 0 Å². The lowest BCUT2D eigenvalue weighted by molar-refractivity contribution is 1.14. The molecule has 0 radical (unpaired) electrons. The van der Waals surface area contributed by atoms with Crippen molar-refractivity contribution in [3.05, 3.63) is 102 Å². The van der Waals surface area contributed by atoms with E-state index in [0.717, 1.165) is 28.5 Å². The quantitative estimate of drug-likeness (QED) is 0.284. The molecule has 0 N–H and O–H groups in total. The predicted molar refractivity (Wildman–Crippen MR) is 128 cm³/mol. The molecule has 5 aromatic rings. The molecule has 0 aliphatic rings. The van der Waals surface area contributed by atoms with Crippen molar-refractivity contribution in [3.8, 4) is 0 Å². The maximum Gasteiger partial charge on any atom is 0.0476 e. The molecule has 4 aromatic carbocycles. The van der Waals surface area contributed by atoms with Gasteiger partial charge in [0, 0.05) is 42.3 Å². The Morgan fingerprint density at radius 3 is 2.03 bits per heavy atom. The molecule has 142 valence electrons. The summed E-state index contributed by atoms with van der Waals surface area (Å²) in [6.07, 6.45) is 1.04. The van der Waals surface area contributed by atoms with Crippen LogP contribution in [0.15, 0.2) is 91.0 Å². The van der Waals surface area contributed by atoms with Gasteiger partial charge in [-0.3, -0.25) is 0 Å². The van der Waals surface area contributed by atoms with Gasteiger partial charge in [0.2, 0.25) is 0 Å². The van der Waals surface area contributed by atoms with Gasteiger partial charge in [-0.1, -0.05) is 54.9 Å². The third kappa shape index (κ3) is 3.39. The Labute approximate surface area is 179 Å². The summed E-state index contributed by atoms with van der Waals surface area (Å²) < 4.78 is 2.62. The highest BCUT2D eigenvalue weighted by Gasteiger charge is 2.14. The Bertz CT molecular complexity index is 1290. The van der Waals surface area contributed by atoms with Gasteiger partial charge in [-0.25, -0.2) is 0 Å². The molecule has 0 fully saturated rings. The lowest BCUT2D eigenvalue weighted by Crippen LogP contribution is -2.09. The van der Waals surface area contributed by atoms with Gasteiger partial charge in [0.25, 0.3) is 0 Å². The van der Waals surface area contributed by atoms with E-state index in [0.29, 0.717) is 0 Å². The van der Waals surface area contributed by atoms with Gasteiger partial charge >= 0.3 is 0 Å². The summed E-state index contributed by atoms with van der Waals surface area (Å²) in [5.41, 5.74) is 4.73. The summed E-state index contributed by atoms with van der Waals surface area (Å²) in [6, 6.07) is 32.2. The molecule has 0 amide bonds. The molecule has 1 aromatic heterocycles. The van der Waals surface area contributed by atoms with Crippen LogP contribution in [-0.4, -0.2) is 0 Å². The van der Waals surface area contributed by atoms with Crippen molar-refractivity contribution < 1.29 is 0 Å². The van der Waals surface area contributed by atoms with Crippen LogP contribution in [0, 0.1) is 0 Å². The first-order valence-corrected chi connectivity index (χ1v) is 11.0. The topological polar surface area (TPSA) is 3.24 Å². The van der Waals surface area contributed by atoms with Gasteiger partial charge in [-0.2, -0.15) is 0 Å². The molecule has 0 saturated carbocycles. The van der Waals surface area contributed by atoms with E-state index in [1.807, 2.05) is 23.5 Å². The number of nitrogens with zero attached hydrogens (tertiary/aromatic N) is 1. The molecule has 29 heavy (non-hydrogen) atoms. The SMILES string of the molecule is CCc1ccc(N(c2ccc(Cl)cc2)c2ccc3c(c2)sc2ccccc23)cc1. The fraction of sp³-hybridized carbons (Fsp3) is 0.0769. The van der Waals surface area contributed by atoms with Crippen LogP contribution in [0.1, 0.15) is 12.5 Å². The van der Waals surface area contributed by atoms with Crippen molar-refractivity contribution >= 4 is 60.2 Å². The van der Waals surface area contributed by atoms with E-state index in [1.165, 1.54) is 25.7 Å². The van der Waals surface area contributed by atoms with Gasteiger partial charge in [0.1, 0.15) is 0 Å². The summed E-state index contributed by atoms with van der Waals surface area (Å²) in [4.78, 5) is 2.29.